The van der Waals surface area contributed by atoms with Crippen LogP contribution in [0, 0.1) is 17.8 Å². The third-order valence-corrected chi connectivity index (χ3v) is 5.77. The summed E-state index contributed by atoms with van der Waals surface area (Å²) in [6, 6.07) is 8.14. The van der Waals surface area contributed by atoms with Crippen molar-refractivity contribution in [1.82, 2.24) is 20.4 Å². The van der Waals surface area contributed by atoms with E-state index in [1.807, 2.05) is 24.3 Å². The summed E-state index contributed by atoms with van der Waals surface area (Å²) in [4.78, 5) is 15.3. The molecule has 1 saturated carbocycles. The number of aromatic amines is 1. The zero-order chi connectivity index (χ0) is 14.7. The number of amides is 1. The maximum atomic E-state index is 12.7. The second kappa shape index (κ2) is 4.56. The summed E-state index contributed by atoms with van der Waals surface area (Å²) < 4.78 is 0. The molecular formula is C17H20N4O. The van der Waals surface area contributed by atoms with Gasteiger partial charge in [0.15, 0.2) is 5.69 Å². The topological polar surface area (TPSA) is 61.0 Å². The molecule has 2 N–H and O–H groups in total. The van der Waals surface area contributed by atoms with Crippen LogP contribution in [0.2, 0.25) is 0 Å². The van der Waals surface area contributed by atoms with Gasteiger partial charge in [-0.2, -0.15) is 5.10 Å². The first-order valence-electron chi connectivity index (χ1n) is 8.24. The first-order valence-corrected chi connectivity index (χ1v) is 8.24. The number of nitrogens with zero attached hydrogens (tertiary/aromatic N) is 2. The molecule has 1 aromatic carbocycles. The fourth-order valence-corrected chi connectivity index (χ4v) is 5.00. The van der Waals surface area contributed by atoms with Crippen molar-refractivity contribution >= 4 is 16.8 Å². The molecule has 1 amide bonds. The Labute approximate surface area is 129 Å². The van der Waals surface area contributed by atoms with Crippen LogP contribution in [-0.4, -0.2) is 46.7 Å². The van der Waals surface area contributed by atoms with Crippen molar-refractivity contribution in [3.63, 3.8) is 0 Å². The first kappa shape index (κ1) is 12.6. The van der Waals surface area contributed by atoms with Gasteiger partial charge in [-0.25, -0.2) is 0 Å². The molecule has 5 nitrogen and oxygen atoms in total. The van der Waals surface area contributed by atoms with E-state index >= 15 is 0 Å². The standard InChI is InChI=1S/C17H20N4O/c22-17(16-13-3-1-2-4-14(13)19-20-16)18-15-11-5-10-6-12(15)9-21(7-10)8-11/h1-4,10-12,15H,5-9H2,(H,18,22)(H,19,20). The molecule has 1 aromatic heterocycles. The van der Waals surface area contributed by atoms with Crippen LogP contribution in [0.15, 0.2) is 24.3 Å². The number of H-pyrrole nitrogens is 1. The fourth-order valence-electron chi connectivity index (χ4n) is 5.00. The summed E-state index contributed by atoms with van der Waals surface area (Å²) >= 11 is 0. The lowest BCUT2D eigenvalue weighted by Gasteiger charge is -2.55. The van der Waals surface area contributed by atoms with Gasteiger partial charge in [0.2, 0.25) is 0 Å². The van der Waals surface area contributed by atoms with E-state index < -0.39 is 0 Å². The minimum Gasteiger partial charge on any atom is -0.347 e. The smallest absolute Gasteiger partial charge is 0.272 e. The minimum absolute atomic E-state index is 0.0232. The predicted octanol–water partition coefficient (Wildman–Crippen LogP) is 1.63. The molecule has 0 radical (unpaired) electrons. The SMILES string of the molecule is O=C(NC1C2CC3CC1CN(C3)C2)c1n[nH]c2ccccc12. The molecule has 3 aliphatic heterocycles. The van der Waals surface area contributed by atoms with Gasteiger partial charge in [-0.1, -0.05) is 18.2 Å². The van der Waals surface area contributed by atoms with E-state index in [9.17, 15) is 4.79 Å². The van der Waals surface area contributed by atoms with Crippen molar-refractivity contribution in [2.24, 2.45) is 17.8 Å². The number of fused-ring (bicyclic) bond motifs is 1. The fraction of sp³-hybridized carbons (Fsp3) is 0.529. The summed E-state index contributed by atoms with van der Waals surface area (Å²) in [5, 5.41) is 11.4. The molecule has 1 aliphatic carbocycles. The molecule has 5 heteroatoms. The van der Waals surface area contributed by atoms with E-state index in [4.69, 9.17) is 0 Å². The summed E-state index contributed by atoms with van der Waals surface area (Å²) in [5.74, 6) is 2.09. The van der Waals surface area contributed by atoms with Crippen molar-refractivity contribution in [3.05, 3.63) is 30.0 Å². The second-order valence-corrected chi connectivity index (χ2v) is 7.19. The van der Waals surface area contributed by atoms with Crippen LogP contribution in [0.3, 0.4) is 0 Å². The normalized spacial score (nSPS) is 35.9. The molecule has 3 saturated heterocycles. The first-order chi connectivity index (χ1) is 10.8. The van der Waals surface area contributed by atoms with Gasteiger partial charge in [0.1, 0.15) is 0 Å². The van der Waals surface area contributed by atoms with Gasteiger partial charge in [-0.3, -0.25) is 9.89 Å². The Morgan fingerprint density at radius 2 is 1.95 bits per heavy atom. The van der Waals surface area contributed by atoms with Crippen LogP contribution >= 0.6 is 0 Å². The number of para-hydroxylation sites is 1. The number of piperidine rings is 3. The quantitative estimate of drug-likeness (QED) is 0.885. The van der Waals surface area contributed by atoms with Crippen molar-refractivity contribution in [3.8, 4) is 0 Å². The van der Waals surface area contributed by atoms with Crippen LogP contribution in [0.5, 0.6) is 0 Å². The second-order valence-electron chi connectivity index (χ2n) is 7.19. The lowest BCUT2D eigenvalue weighted by molar-refractivity contribution is -0.0419. The largest absolute Gasteiger partial charge is 0.347 e. The molecule has 22 heavy (non-hydrogen) atoms. The molecule has 2 unspecified atom stereocenters. The zero-order valence-electron chi connectivity index (χ0n) is 12.5. The third kappa shape index (κ3) is 1.81. The summed E-state index contributed by atoms with van der Waals surface area (Å²) in [7, 11) is 0. The highest BCUT2D eigenvalue weighted by molar-refractivity contribution is 6.04. The molecular weight excluding hydrogens is 276 g/mol. The lowest BCUT2D eigenvalue weighted by Crippen LogP contribution is -2.64. The van der Waals surface area contributed by atoms with Crippen molar-refractivity contribution in [2.75, 3.05) is 19.6 Å². The Bertz CT molecular complexity index is 709. The Morgan fingerprint density at radius 1 is 1.18 bits per heavy atom. The Hall–Kier alpha value is -1.88. The van der Waals surface area contributed by atoms with E-state index in [-0.39, 0.29) is 5.91 Å². The van der Waals surface area contributed by atoms with Crippen molar-refractivity contribution < 1.29 is 4.79 Å². The maximum absolute atomic E-state index is 12.7. The zero-order valence-corrected chi connectivity index (χ0v) is 12.5. The third-order valence-electron chi connectivity index (χ3n) is 5.77. The number of hydrogen-bond acceptors (Lipinski definition) is 3. The average Bonchev–Trinajstić information content (AvgIpc) is 2.94. The van der Waals surface area contributed by atoms with Crippen LogP contribution in [0.1, 0.15) is 23.3 Å². The Kier molecular flexibility index (Phi) is 2.62. The van der Waals surface area contributed by atoms with Crippen LogP contribution in [-0.2, 0) is 0 Å². The van der Waals surface area contributed by atoms with Crippen molar-refractivity contribution in [1.29, 1.82) is 0 Å². The Balaban J connectivity index is 1.41. The van der Waals surface area contributed by atoms with Gasteiger partial charge < -0.3 is 10.2 Å². The van der Waals surface area contributed by atoms with Crippen molar-refractivity contribution in [2.45, 2.75) is 18.9 Å². The Morgan fingerprint density at radius 3 is 2.73 bits per heavy atom. The van der Waals surface area contributed by atoms with E-state index in [0.29, 0.717) is 23.6 Å². The highest BCUT2D eigenvalue weighted by Crippen LogP contribution is 2.43. The number of benzene rings is 1. The molecule has 0 spiro atoms. The monoisotopic (exact) mass is 296 g/mol. The molecule has 4 bridgehead atoms. The molecule has 4 heterocycles. The van der Waals surface area contributed by atoms with Gasteiger partial charge in [0.05, 0.1) is 5.52 Å². The molecule has 114 valence electrons. The molecule has 4 aliphatic rings. The van der Waals surface area contributed by atoms with E-state index in [1.54, 1.807) is 0 Å². The maximum Gasteiger partial charge on any atom is 0.272 e. The van der Waals surface area contributed by atoms with Gasteiger partial charge in [0.25, 0.3) is 5.91 Å². The van der Waals surface area contributed by atoms with Gasteiger partial charge >= 0.3 is 0 Å². The summed E-state index contributed by atoms with van der Waals surface area (Å²) in [6.45, 7) is 3.58. The van der Waals surface area contributed by atoms with Crippen LogP contribution in [0.4, 0.5) is 0 Å². The van der Waals surface area contributed by atoms with Crippen LogP contribution in [0.25, 0.3) is 10.9 Å². The number of aromatic nitrogens is 2. The number of nitrogens with one attached hydrogen (secondary N) is 2. The summed E-state index contributed by atoms with van der Waals surface area (Å²) in [6.07, 6.45) is 2.55. The number of carbonyl (C=O) groups is 1. The van der Waals surface area contributed by atoms with Crippen LogP contribution < -0.4 is 5.32 Å². The average molecular weight is 296 g/mol. The lowest BCUT2D eigenvalue weighted by atomic mass is 9.65. The summed E-state index contributed by atoms with van der Waals surface area (Å²) in [5.41, 5.74) is 1.45. The van der Waals surface area contributed by atoms with Gasteiger partial charge in [-0.15, -0.1) is 0 Å². The number of hydrogen-bond donors (Lipinski definition) is 2. The van der Waals surface area contributed by atoms with E-state index in [0.717, 1.165) is 29.9 Å². The van der Waals surface area contributed by atoms with E-state index in [2.05, 4.69) is 20.4 Å². The molecule has 2 atom stereocenters. The number of rotatable bonds is 2. The molecule has 4 fully saturated rings. The molecule has 6 rings (SSSR count). The van der Waals surface area contributed by atoms with E-state index in [1.165, 1.54) is 19.4 Å². The highest BCUT2D eigenvalue weighted by Gasteiger charge is 2.48. The highest BCUT2D eigenvalue weighted by atomic mass is 16.2. The predicted molar refractivity (Wildman–Crippen MR) is 83.5 cm³/mol. The van der Waals surface area contributed by atoms with Gasteiger partial charge in [-0.05, 0) is 36.7 Å². The van der Waals surface area contributed by atoms with Gasteiger partial charge in [0, 0.05) is 31.1 Å². The number of carbonyl (C=O) groups excluding carboxylic acids is 1. The minimum atomic E-state index is -0.0232. The molecule has 2 aromatic rings.